The molecule has 0 aliphatic heterocycles. The number of hydrogen-bond acceptors (Lipinski definition) is 2. The van der Waals surface area contributed by atoms with Gasteiger partial charge in [0.15, 0.2) is 0 Å². The number of nitrogens with two attached hydrogens (primary N) is 1. The van der Waals surface area contributed by atoms with Crippen LogP contribution in [-0.4, -0.2) is 12.5 Å². The molecule has 0 saturated carbocycles. The van der Waals surface area contributed by atoms with Gasteiger partial charge in [-0.05, 0) is 24.0 Å². The molecule has 0 aliphatic carbocycles. The van der Waals surface area contributed by atoms with Crippen molar-refractivity contribution in [3.8, 4) is 0 Å². The fourth-order valence-electron chi connectivity index (χ4n) is 1.37. The SMILES string of the molecule is CC(C)(C)CCNC(=O)c1cc(F)c(N)c(F)c1. The molecule has 0 heterocycles. The van der Waals surface area contributed by atoms with Gasteiger partial charge in [-0.25, -0.2) is 8.78 Å². The maximum absolute atomic E-state index is 13.2. The van der Waals surface area contributed by atoms with Crippen LogP contribution >= 0.6 is 0 Å². The summed E-state index contributed by atoms with van der Waals surface area (Å²) in [6.07, 6.45) is 0.776. The van der Waals surface area contributed by atoms with Gasteiger partial charge in [0.1, 0.15) is 17.3 Å². The molecule has 0 spiro atoms. The van der Waals surface area contributed by atoms with E-state index >= 15 is 0 Å². The van der Waals surface area contributed by atoms with Crippen molar-refractivity contribution in [3.63, 3.8) is 0 Å². The molecule has 5 heteroatoms. The third kappa shape index (κ3) is 3.98. The molecule has 100 valence electrons. The number of anilines is 1. The highest BCUT2D eigenvalue weighted by Crippen LogP contribution is 2.18. The third-order valence-electron chi connectivity index (χ3n) is 2.50. The predicted octanol–water partition coefficient (Wildman–Crippen LogP) is 2.71. The number of nitrogen functional groups attached to an aromatic ring is 1. The van der Waals surface area contributed by atoms with Crippen LogP contribution in [-0.2, 0) is 0 Å². The number of benzene rings is 1. The number of halogens is 2. The largest absolute Gasteiger partial charge is 0.394 e. The summed E-state index contributed by atoms with van der Waals surface area (Å²) in [6.45, 7) is 6.58. The van der Waals surface area contributed by atoms with E-state index in [4.69, 9.17) is 5.73 Å². The molecule has 0 unspecified atom stereocenters. The number of carbonyl (C=O) groups excluding carboxylic acids is 1. The molecular weight excluding hydrogens is 238 g/mol. The maximum Gasteiger partial charge on any atom is 0.251 e. The lowest BCUT2D eigenvalue weighted by Crippen LogP contribution is -2.27. The Kier molecular flexibility index (Phi) is 4.27. The first-order chi connectivity index (χ1) is 8.20. The fourth-order valence-corrected chi connectivity index (χ4v) is 1.37. The third-order valence-corrected chi connectivity index (χ3v) is 2.50. The maximum atomic E-state index is 13.2. The number of hydrogen-bond donors (Lipinski definition) is 2. The van der Waals surface area contributed by atoms with Crippen molar-refractivity contribution in [2.45, 2.75) is 27.2 Å². The van der Waals surface area contributed by atoms with Gasteiger partial charge in [0, 0.05) is 12.1 Å². The fraction of sp³-hybridized carbons (Fsp3) is 0.462. The molecule has 1 amide bonds. The number of amides is 1. The molecule has 3 N–H and O–H groups in total. The highest BCUT2D eigenvalue weighted by molar-refractivity contribution is 5.94. The van der Waals surface area contributed by atoms with Gasteiger partial charge in [-0.3, -0.25) is 4.79 Å². The zero-order chi connectivity index (χ0) is 13.9. The number of rotatable bonds is 3. The van der Waals surface area contributed by atoms with Gasteiger partial charge in [-0.1, -0.05) is 20.8 Å². The predicted molar refractivity (Wildman–Crippen MR) is 67.2 cm³/mol. The average molecular weight is 256 g/mol. The van der Waals surface area contributed by atoms with E-state index in [1.165, 1.54) is 0 Å². The highest BCUT2D eigenvalue weighted by Gasteiger charge is 2.14. The van der Waals surface area contributed by atoms with Gasteiger partial charge in [-0.2, -0.15) is 0 Å². The standard InChI is InChI=1S/C13H18F2N2O/c1-13(2,3)4-5-17-12(18)8-6-9(14)11(16)10(15)7-8/h6-7H,4-5,16H2,1-3H3,(H,17,18). The Hall–Kier alpha value is -1.65. The Labute approximate surface area is 105 Å². The summed E-state index contributed by atoms with van der Waals surface area (Å²) in [5.41, 5.74) is 4.58. The van der Waals surface area contributed by atoms with Gasteiger partial charge in [-0.15, -0.1) is 0 Å². The number of nitrogens with one attached hydrogen (secondary N) is 1. The van der Waals surface area contributed by atoms with Gasteiger partial charge in [0.25, 0.3) is 5.91 Å². The Morgan fingerprint density at radius 3 is 2.22 bits per heavy atom. The van der Waals surface area contributed by atoms with Crippen LogP contribution in [0.3, 0.4) is 0 Å². The highest BCUT2D eigenvalue weighted by atomic mass is 19.1. The molecule has 0 radical (unpaired) electrons. The average Bonchev–Trinajstić information content (AvgIpc) is 2.23. The van der Waals surface area contributed by atoms with E-state index in [2.05, 4.69) is 5.32 Å². The van der Waals surface area contributed by atoms with Crippen LogP contribution < -0.4 is 11.1 Å². The topological polar surface area (TPSA) is 55.1 Å². The van der Waals surface area contributed by atoms with Crippen LogP contribution in [0.2, 0.25) is 0 Å². The second-order valence-corrected chi connectivity index (χ2v) is 5.42. The second-order valence-electron chi connectivity index (χ2n) is 5.42. The van der Waals surface area contributed by atoms with Crippen molar-refractivity contribution in [1.29, 1.82) is 0 Å². The molecule has 1 aromatic carbocycles. The van der Waals surface area contributed by atoms with Crippen LogP contribution in [0.25, 0.3) is 0 Å². The van der Waals surface area contributed by atoms with Crippen LogP contribution in [0, 0.1) is 17.0 Å². The molecule has 1 rings (SSSR count). The quantitative estimate of drug-likeness (QED) is 0.817. The molecular formula is C13H18F2N2O. The molecule has 1 aromatic rings. The van der Waals surface area contributed by atoms with Crippen LogP contribution in [0.1, 0.15) is 37.6 Å². The van der Waals surface area contributed by atoms with Gasteiger partial charge in [0.2, 0.25) is 0 Å². The summed E-state index contributed by atoms with van der Waals surface area (Å²) in [7, 11) is 0. The molecule has 0 aromatic heterocycles. The lowest BCUT2D eigenvalue weighted by Gasteiger charge is -2.18. The molecule has 0 bridgehead atoms. The van der Waals surface area contributed by atoms with Gasteiger partial charge >= 0.3 is 0 Å². The molecule has 3 nitrogen and oxygen atoms in total. The van der Waals surface area contributed by atoms with Crippen molar-refractivity contribution in [1.82, 2.24) is 5.32 Å². The Morgan fingerprint density at radius 2 is 1.78 bits per heavy atom. The summed E-state index contributed by atoms with van der Waals surface area (Å²) < 4.78 is 26.3. The van der Waals surface area contributed by atoms with Crippen LogP contribution in [0.15, 0.2) is 12.1 Å². The minimum absolute atomic E-state index is 0.0619. The van der Waals surface area contributed by atoms with E-state index in [1.807, 2.05) is 20.8 Å². The molecule has 0 saturated heterocycles. The summed E-state index contributed by atoms with van der Waals surface area (Å²) in [4.78, 5) is 11.7. The molecule has 0 atom stereocenters. The van der Waals surface area contributed by atoms with E-state index in [0.717, 1.165) is 18.6 Å². The van der Waals surface area contributed by atoms with E-state index < -0.39 is 23.2 Å². The van der Waals surface area contributed by atoms with Gasteiger partial charge < -0.3 is 11.1 Å². The second kappa shape index (κ2) is 5.33. The zero-order valence-electron chi connectivity index (χ0n) is 10.8. The van der Waals surface area contributed by atoms with E-state index in [0.29, 0.717) is 6.54 Å². The summed E-state index contributed by atoms with van der Waals surface area (Å²) >= 11 is 0. The van der Waals surface area contributed by atoms with Crippen molar-refractivity contribution in [3.05, 3.63) is 29.3 Å². The molecule has 0 fully saturated rings. The van der Waals surface area contributed by atoms with Crippen molar-refractivity contribution in [2.24, 2.45) is 5.41 Å². The summed E-state index contributed by atoms with van der Waals surface area (Å²) in [5, 5.41) is 2.62. The Morgan fingerprint density at radius 1 is 1.28 bits per heavy atom. The smallest absolute Gasteiger partial charge is 0.251 e. The summed E-state index contributed by atoms with van der Waals surface area (Å²) in [6, 6.07) is 1.87. The van der Waals surface area contributed by atoms with Crippen molar-refractivity contribution < 1.29 is 13.6 Å². The Bertz CT molecular complexity index is 430. The Balaban J connectivity index is 2.68. The zero-order valence-corrected chi connectivity index (χ0v) is 10.8. The minimum Gasteiger partial charge on any atom is -0.394 e. The van der Waals surface area contributed by atoms with Crippen molar-refractivity contribution >= 4 is 11.6 Å². The van der Waals surface area contributed by atoms with Crippen LogP contribution in [0.5, 0.6) is 0 Å². The van der Waals surface area contributed by atoms with E-state index in [9.17, 15) is 13.6 Å². The van der Waals surface area contributed by atoms with Crippen molar-refractivity contribution in [2.75, 3.05) is 12.3 Å². The normalized spacial score (nSPS) is 11.4. The van der Waals surface area contributed by atoms with Gasteiger partial charge in [0.05, 0.1) is 0 Å². The van der Waals surface area contributed by atoms with Crippen LogP contribution in [0.4, 0.5) is 14.5 Å². The molecule has 18 heavy (non-hydrogen) atoms. The first-order valence-corrected chi connectivity index (χ1v) is 5.73. The first kappa shape index (κ1) is 14.4. The number of carbonyl (C=O) groups is 1. The minimum atomic E-state index is -0.920. The lowest BCUT2D eigenvalue weighted by molar-refractivity contribution is 0.0948. The van der Waals surface area contributed by atoms with E-state index in [1.54, 1.807) is 0 Å². The lowest BCUT2D eigenvalue weighted by atomic mass is 9.92. The van der Waals surface area contributed by atoms with E-state index in [-0.39, 0.29) is 11.0 Å². The molecule has 0 aliphatic rings. The summed E-state index contributed by atoms with van der Waals surface area (Å²) in [5.74, 6) is -2.34. The first-order valence-electron chi connectivity index (χ1n) is 5.73. The monoisotopic (exact) mass is 256 g/mol.